The maximum absolute atomic E-state index is 14.1. The summed E-state index contributed by atoms with van der Waals surface area (Å²) in [6.45, 7) is 13.7. The number of fused-ring (bicyclic) bond motifs is 1. The number of unbranched alkanes of at least 4 members (excludes halogenated alkanes) is 6. The first-order valence-corrected chi connectivity index (χ1v) is 14.9. The Hall–Kier alpha value is -3.22. The lowest BCUT2D eigenvalue weighted by Gasteiger charge is -2.34. The van der Waals surface area contributed by atoms with Gasteiger partial charge in [0.1, 0.15) is 5.82 Å². The van der Waals surface area contributed by atoms with Gasteiger partial charge in [0.15, 0.2) is 0 Å². The van der Waals surface area contributed by atoms with Gasteiger partial charge in [0.25, 0.3) is 0 Å². The van der Waals surface area contributed by atoms with E-state index in [1.54, 1.807) is 36.4 Å². The molecule has 0 amide bonds. The number of benzene rings is 1. The van der Waals surface area contributed by atoms with Crippen molar-refractivity contribution in [1.29, 1.82) is 0 Å². The zero-order chi connectivity index (χ0) is 30.0. The zero-order valence-electron chi connectivity index (χ0n) is 25.6. The van der Waals surface area contributed by atoms with Crippen LogP contribution in [-0.2, 0) is 9.53 Å². The highest BCUT2D eigenvalue weighted by Gasteiger charge is 2.37. The Kier molecular flexibility index (Phi) is 11.5. The number of rotatable bonds is 15. The van der Waals surface area contributed by atoms with Crippen LogP contribution in [0.4, 0.5) is 4.39 Å². The minimum atomic E-state index is -0.639. The van der Waals surface area contributed by atoms with E-state index in [9.17, 15) is 14.0 Å². The maximum Gasteiger partial charge on any atom is 0.345 e. The number of carbonyl (C=O) groups is 1. The van der Waals surface area contributed by atoms with E-state index in [1.807, 2.05) is 13.8 Å². The molecule has 0 aliphatic heterocycles. The Balaban J connectivity index is 1.29. The topological polar surface area (TPSA) is 78.6 Å². The monoisotopic (exact) mass is 567 g/mol. The molecule has 0 bridgehead atoms. The molecule has 1 unspecified atom stereocenters. The van der Waals surface area contributed by atoms with Gasteiger partial charge in [-0.3, -0.25) is 4.79 Å². The van der Waals surface area contributed by atoms with Crippen LogP contribution in [0.3, 0.4) is 0 Å². The second kappa shape index (κ2) is 14.6. The molecule has 3 aromatic rings. The third-order valence-corrected chi connectivity index (χ3v) is 7.69. The molecular weight excluding hydrogens is 521 g/mol. The summed E-state index contributed by atoms with van der Waals surface area (Å²) in [6.07, 6.45) is 8.22. The van der Waals surface area contributed by atoms with Crippen LogP contribution in [-0.4, -0.2) is 24.2 Å². The number of ether oxygens (including phenoxy) is 2. The third-order valence-electron chi connectivity index (χ3n) is 7.69. The van der Waals surface area contributed by atoms with Crippen molar-refractivity contribution in [3.05, 3.63) is 58.7 Å². The lowest BCUT2D eigenvalue weighted by Crippen LogP contribution is -2.35. The molecule has 0 radical (unpaired) electrons. The third kappa shape index (κ3) is 9.68. The molecule has 3 rings (SSSR count). The molecule has 0 spiro atoms. The first kappa shape index (κ1) is 32.3. The molecule has 1 aromatic carbocycles. The second-order valence-electron chi connectivity index (χ2n) is 12.8. The van der Waals surface area contributed by atoms with Gasteiger partial charge in [-0.05, 0) is 62.6 Å². The van der Waals surface area contributed by atoms with E-state index >= 15 is 0 Å². The van der Waals surface area contributed by atoms with E-state index in [1.165, 1.54) is 6.07 Å². The Morgan fingerprint density at radius 3 is 2.20 bits per heavy atom. The minimum absolute atomic E-state index is 0.0929. The summed E-state index contributed by atoms with van der Waals surface area (Å²) in [5.74, 6) is 0.0836. The number of nitrogens with zero attached hydrogens (tertiary/aromatic N) is 1. The molecule has 6 nitrogen and oxygen atoms in total. The molecule has 1 atom stereocenters. The van der Waals surface area contributed by atoms with Crippen molar-refractivity contribution < 1.29 is 23.1 Å². The molecule has 0 fully saturated rings. The van der Waals surface area contributed by atoms with E-state index in [-0.39, 0.29) is 34.1 Å². The van der Waals surface area contributed by atoms with Gasteiger partial charge in [0.2, 0.25) is 11.6 Å². The van der Waals surface area contributed by atoms with Gasteiger partial charge in [0.05, 0.1) is 24.2 Å². The normalized spacial score (nSPS) is 12.9. The molecular formula is C34H46FNO5. The van der Waals surface area contributed by atoms with Crippen LogP contribution < -0.4 is 10.4 Å². The summed E-state index contributed by atoms with van der Waals surface area (Å²) in [5.41, 5.74) is -0.392. The molecule has 0 saturated carbocycles. The lowest BCUT2D eigenvalue weighted by molar-refractivity contribution is -0.157. The van der Waals surface area contributed by atoms with Crippen LogP contribution in [0.25, 0.3) is 22.2 Å². The highest BCUT2D eigenvalue weighted by atomic mass is 19.1. The van der Waals surface area contributed by atoms with Crippen molar-refractivity contribution in [2.24, 2.45) is 16.7 Å². The van der Waals surface area contributed by atoms with Crippen molar-refractivity contribution >= 4 is 17.1 Å². The fourth-order valence-corrected chi connectivity index (χ4v) is 4.92. The summed E-state index contributed by atoms with van der Waals surface area (Å²) in [7, 11) is 0. The quantitative estimate of drug-likeness (QED) is 0.135. The van der Waals surface area contributed by atoms with E-state index in [0.717, 1.165) is 51.4 Å². The van der Waals surface area contributed by atoms with E-state index in [0.29, 0.717) is 24.5 Å². The van der Waals surface area contributed by atoms with E-state index in [4.69, 9.17) is 13.9 Å². The summed E-state index contributed by atoms with van der Waals surface area (Å²) in [4.78, 5) is 29.4. The van der Waals surface area contributed by atoms with Gasteiger partial charge in [-0.1, -0.05) is 78.0 Å². The number of esters is 1. The fourth-order valence-electron chi connectivity index (χ4n) is 4.92. The molecule has 41 heavy (non-hydrogen) atoms. The fraction of sp³-hybridized carbons (Fsp3) is 0.559. The molecule has 7 heteroatoms. The maximum atomic E-state index is 14.1. The largest absolute Gasteiger partial charge is 0.478 e. The number of halogens is 1. The van der Waals surface area contributed by atoms with Gasteiger partial charge in [-0.2, -0.15) is 4.98 Å². The number of aromatic nitrogens is 1. The molecule has 0 saturated heterocycles. The van der Waals surface area contributed by atoms with Crippen LogP contribution in [0.1, 0.15) is 92.9 Å². The Morgan fingerprint density at radius 2 is 1.54 bits per heavy atom. The molecule has 0 aliphatic carbocycles. The van der Waals surface area contributed by atoms with Crippen molar-refractivity contribution in [3.8, 4) is 17.0 Å². The highest BCUT2D eigenvalue weighted by Crippen LogP contribution is 2.37. The lowest BCUT2D eigenvalue weighted by atomic mass is 9.72. The predicted octanol–water partition coefficient (Wildman–Crippen LogP) is 8.75. The standard InChI is InChI=1S/C34H46FNO5/c1-24(23-33(2,3)4)34(5,6)32(38)40-21-15-11-9-7-8-10-14-20-39-29-19-18-25-22-27(31(37)41-30(25)36-29)26-16-12-13-17-28(26)35/h12-13,16-19,22,24H,7-11,14-15,20-21,23H2,1-6H3. The van der Waals surface area contributed by atoms with Gasteiger partial charge >= 0.3 is 11.6 Å². The molecule has 0 aliphatic rings. The van der Waals surface area contributed by atoms with Crippen LogP contribution >= 0.6 is 0 Å². The van der Waals surface area contributed by atoms with Crippen molar-refractivity contribution in [1.82, 2.24) is 4.98 Å². The van der Waals surface area contributed by atoms with Gasteiger partial charge in [-0.15, -0.1) is 0 Å². The number of pyridine rings is 1. The van der Waals surface area contributed by atoms with E-state index < -0.39 is 16.9 Å². The van der Waals surface area contributed by atoms with Crippen molar-refractivity contribution in [3.63, 3.8) is 0 Å². The Bertz CT molecular complexity index is 1340. The SMILES string of the molecule is CC(CC(C)(C)C)C(C)(C)C(=O)OCCCCCCCCCOc1ccc2cc(-c3ccccc3F)c(=O)oc2n1. The molecule has 0 N–H and O–H groups in total. The number of hydrogen-bond donors (Lipinski definition) is 0. The average Bonchev–Trinajstić information content (AvgIpc) is 2.90. The summed E-state index contributed by atoms with van der Waals surface area (Å²) in [5, 5.41) is 0.601. The summed E-state index contributed by atoms with van der Waals surface area (Å²) >= 11 is 0. The summed E-state index contributed by atoms with van der Waals surface area (Å²) in [6, 6.07) is 11.2. The average molecular weight is 568 g/mol. The predicted molar refractivity (Wildman–Crippen MR) is 161 cm³/mol. The smallest absolute Gasteiger partial charge is 0.345 e. The highest BCUT2D eigenvalue weighted by molar-refractivity contribution is 5.79. The van der Waals surface area contributed by atoms with Crippen molar-refractivity contribution in [2.45, 2.75) is 92.9 Å². The molecule has 224 valence electrons. The Labute approximate surface area is 243 Å². The Morgan fingerprint density at radius 1 is 0.902 bits per heavy atom. The summed E-state index contributed by atoms with van der Waals surface area (Å²) < 4.78 is 30.9. The molecule has 2 aromatic heterocycles. The molecule has 2 heterocycles. The minimum Gasteiger partial charge on any atom is -0.478 e. The first-order valence-electron chi connectivity index (χ1n) is 14.9. The number of hydrogen-bond acceptors (Lipinski definition) is 6. The first-order chi connectivity index (χ1) is 19.4. The van der Waals surface area contributed by atoms with Crippen LogP contribution in [0, 0.1) is 22.6 Å². The van der Waals surface area contributed by atoms with E-state index in [2.05, 4.69) is 32.7 Å². The van der Waals surface area contributed by atoms with Gasteiger partial charge in [-0.25, -0.2) is 9.18 Å². The second-order valence-corrected chi connectivity index (χ2v) is 12.8. The van der Waals surface area contributed by atoms with Gasteiger partial charge in [0, 0.05) is 17.0 Å². The van der Waals surface area contributed by atoms with Crippen LogP contribution in [0.15, 0.2) is 51.7 Å². The van der Waals surface area contributed by atoms with Crippen LogP contribution in [0.2, 0.25) is 0 Å². The number of carbonyl (C=O) groups excluding carboxylic acids is 1. The van der Waals surface area contributed by atoms with Crippen LogP contribution in [0.5, 0.6) is 5.88 Å². The van der Waals surface area contributed by atoms with Gasteiger partial charge < -0.3 is 13.9 Å². The van der Waals surface area contributed by atoms with Crippen molar-refractivity contribution in [2.75, 3.05) is 13.2 Å². The zero-order valence-corrected chi connectivity index (χ0v) is 25.6.